The first-order valence-corrected chi connectivity index (χ1v) is 9.27. The average molecular weight is 302 g/mol. The smallest absolute Gasteiger partial charge is 0.0664 e. The standard InChI is InChI=1S/C18H39NO2/c1-3-5-7-8-9-10-11-13-18(20)17-19-14-12-16-21-15-6-4-2/h18-20H,3-17H2,1-2H3. The van der Waals surface area contributed by atoms with Crippen molar-refractivity contribution in [2.45, 2.75) is 90.6 Å². The van der Waals surface area contributed by atoms with Crippen molar-refractivity contribution in [2.75, 3.05) is 26.3 Å². The third-order valence-corrected chi connectivity index (χ3v) is 3.81. The topological polar surface area (TPSA) is 41.5 Å². The van der Waals surface area contributed by atoms with Crippen LogP contribution < -0.4 is 5.32 Å². The van der Waals surface area contributed by atoms with E-state index in [1.54, 1.807) is 0 Å². The van der Waals surface area contributed by atoms with Gasteiger partial charge >= 0.3 is 0 Å². The van der Waals surface area contributed by atoms with E-state index in [1.165, 1.54) is 44.9 Å². The first-order chi connectivity index (χ1) is 10.3. The van der Waals surface area contributed by atoms with Gasteiger partial charge in [-0.3, -0.25) is 0 Å². The Morgan fingerprint density at radius 1 is 0.810 bits per heavy atom. The van der Waals surface area contributed by atoms with Crippen LogP contribution in [0.1, 0.15) is 84.5 Å². The molecule has 0 aromatic carbocycles. The first-order valence-electron chi connectivity index (χ1n) is 9.27. The minimum absolute atomic E-state index is 0.179. The van der Waals surface area contributed by atoms with Crippen LogP contribution in [-0.4, -0.2) is 37.5 Å². The van der Waals surface area contributed by atoms with E-state index in [2.05, 4.69) is 19.2 Å². The number of unbranched alkanes of at least 4 members (excludes halogenated alkanes) is 7. The molecule has 1 unspecified atom stereocenters. The Balaban J connectivity index is 3.11. The SMILES string of the molecule is CCCCCCCCCC(O)CNCCCOCCCC. The molecule has 0 rings (SSSR count). The fourth-order valence-corrected chi connectivity index (χ4v) is 2.36. The van der Waals surface area contributed by atoms with Crippen LogP contribution in [0.25, 0.3) is 0 Å². The van der Waals surface area contributed by atoms with Crippen LogP contribution in [0.2, 0.25) is 0 Å². The maximum atomic E-state index is 9.87. The molecule has 21 heavy (non-hydrogen) atoms. The Morgan fingerprint density at radius 2 is 1.43 bits per heavy atom. The van der Waals surface area contributed by atoms with Gasteiger partial charge in [-0.15, -0.1) is 0 Å². The molecular weight excluding hydrogens is 262 g/mol. The quantitative estimate of drug-likeness (QED) is 0.394. The molecule has 0 spiro atoms. The number of rotatable bonds is 17. The van der Waals surface area contributed by atoms with Crippen molar-refractivity contribution in [3.8, 4) is 0 Å². The van der Waals surface area contributed by atoms with Gasteiger partial charge in [0.1, 0.15) is 0 Å². The van der Waals surface area contributed by atoms with Crippen LogP contribution in [-0.2, 0) is 4.74 Å². The van der Waals surface area contributed by atoms with Gasteiger partial charge in [-0.05, 0) is 25.8 Å². The summed E-state index contributed by atoms with van der Waals surface area (Å²) in [4.78, 5) is 0. The number of aliphatic hydroxyl groups is 1. The summed E-state index contributed by atoms with van der Waals surface area (Å²) in [5.74, 6) is 0. The van der Waals surface area contributed by atoms with Crippen molar-refractivity contribution in [1.82, 2.24) is 5.32 Å². The molecule has 0 aromatic rings. The molecule has 0 saturated carbocycles. The highest BCUT2D eigenvalue weighted by molar-refractivity contribution is 4.60. The lowest BCUT2D eigenvalue weighted by Gasteiger charge is -2.11. The number of hydrogen-bond donors (Lipinski definition) is 2. The Hall–Kier alpha value is -0.120. The zero-order valence-corrected chi connectivity index (χ0v) is 14.5. The van der Waals surface area contributed by atoms with Crippen LogP contribution in [0.4, 0.5) is 0 Å². The minimum atomic E-state index is -0.179. The highest BCUT2D eigenvalue weighted by atomic mass is 16.5. The Labute approximate surface area is 132 Å². The summed E-state index contributed by atoms with van der Waals surface area (Å²) in [6.07, 6.45) is 13.3. The van der Waals surface area contributed by atoms with Crippen molar-refractivity contribution >= 4 is 0 Å². The van der Waals surface area contributed by atoms with Crippen molar-refractivity contribution < 1.29 is 9.84 Å². The van der Waals surface area contributed by atoms with Gasteiger partial charge in [-0.2, -0.15) is 0 Å². The van der Waals surface area contributed by atoms with Crippen molar-refractivity contribution in [3.05, 3.63) is 0 Å². The van der Waals surface area contributed by atoms with Gasteiger partial charge < -0.3 is 15.2 Å². The van der Waals surface area contributed by atoms with Gasteiger partial charge in [-0.25, -0.2) is 0 Å². The van der Waals surface area contributed by atoms with Crippen LogP contribution in [0, 0.1) is 0 Å². The third kappa shape index (κ3) is 17.8. The van der Waals surface area contributed by atoms with Gasteiger partial charge in [0.05, 0.1) is 6.10 Å². The summed E-state index contributed by atoms with van der Waals surface area (Å²) >= 11 is 0. The molecule has 0 radical (unpaired) electrons. The number of hydrogen-bond acceptors (Lipinski definition) is 3. The Kier molecular flexibility index (Phi) is 17.8. The molecule has 3 nitrogen and oxygen atoms in total. The average Bonchev–Trinajstić information content (AvgIpc) is 2.49. The van der Waals surface area contributed by atoms with E-state index < -0.39 is 0 Å². The van der Waals surface area contributed by atoms with E-state index in [1.807, 2.05) is 0 Å². The van der Waals surface area contributed by atoms with Gasteiger partial charge in [0.2, 0.25) is 0 Å². The first kappa shape index (κ1) is 20.9. The fraction of sp³-hybridized carbons (Fsp3) is 1.00. The zero-order chi connectivity index (χ0) is 15.6. The Morgan fingerprint density at radius 3 is 2.14 bits per heavy atom. The summed E-state index contributed by atoms with van der Waals surface area (Å²) in [6, 6.07) is 0. The minimum Gasteiger partial charge on any atom is -0.392 e. The summed E-state index contributed by atoms with van der Waals surface area (Å²) in [7, 11) is 0. The van der Waals surface area contributed by atoms with Crippen LogP contribution >= 0.6 is 0 Å². The molecule has 1 atom stereocenters. The number of nitrogens with one attached hydrogen (secondary N) is 1. The van der Waals surface area contributed by atoms with Crippen molar-refractivity contribution in [3.63, 3.8) is 0 Å². The second-order valence-corrected chi connectivity index (χ2v) is 6.09. The third-order valence-electron chi connectivity index (χ3n) is 3.81. The van der Waals surface area contributed by atoms with Crippen LogP contribution in [0.3, 0.4) is 0 Å². The van der Waals surface area contributed by atoms with Gasteiger partial charge in [0.25, 0.3) is 0 Å². The van der Waals surface area contributed by atoms with Crippen molar-refractivity contribution in [2.24, 2.45) is 0 Å². The summed E-state index contributed by atoms with van der Waals surface area (Å²) < 4.78 is 5.50. The predicted molar refractivity (Wildman–Crippen MR) is 91.8 cm³/mol. The largest absolute Gasteiger partial charge is 0.392 e. The highest BCUT2D eigenvalue weighted by Crippen LogP contribution is 2.09. The normalized spacial score (nSPS) is 12.7. The molecule has 0 amide bonds. The van der Waals surface area contributed by atoms with Gasteiger partial charge in [0, 0.05) is 19.8 Å². The number of aliphatic hydroxyl groups excluding tert-OH is 1. The fourth-order valence-electron chi connectivity index (χ4n) is 2.36. The molecule has 0 heterocycles. The lowest BCUT2D eigenvalue weighted by atomic mass is 10.1. The molecule has 0 aliphatic heterocycles. The molecular formula is C18H39NO2. The lowest BCUT2D eigenvalue weighted by molar-refractivity contribution is 0.125. The molecule has 128 valence electrons. The second kappa shape index (κ2) is 17.9. The molecule has 0 aliphatic rings. The van der Waals surface area contributed by atoms with E-state index in [-0.39, 0.29) is 6.10 Å². The predicted octanol–water partition coefficient (Wildman–Crippen LogP) is 4.28. The van der Waals surface area contributed by atoms with E-state index in [9.17, 15) is 5.11 Å². The van der Waals surface area contributed by atoms with Crippen LogP contribution in [0.15, 0.2) is 0 Å². The maximum Gasteiger partial charge on any atom is 0.0664 e. The van der Waals surface area contributed by atoms with E-state index in [4.69, 9.17) is 4.74 Å². The number of ether oxygens (including phenoxy) is 1. The second-order valence-electron chi connectivity index (χ2n) is 6.09. The van der Waals surface area contributed by atoms with Gasteiger partial charge in [-0.1, -0.05) is 65.2 Å². The molecule has 0 aromatic heterocycles. The summed E-state index contributed by atoms with van der Waals surface area (Å²) in [6.45, 7) is 7.82. The monoisotopic (exact) mass is 301 g/mol. The van der Waals surface area contributed by atoms with E-state index >= 15 is 0 Å². The Bertz CT molecular complexity index is 188. The summed E-state index contributed by atoms with van der Waals surface area (Å²) in [5.41, 5.74) is 0. The maximum absolute atomic E-state index is 9.87. The molecule has 2 N–H and O–H groups in total. The molecule has 0 bridgehead atoms. The zero-order valence-electron chi connectivity index (χ0n) is 14.5. The van der Waals surface area contributed by atoms with Crippen molar-refractivity contribution in [1.29, 1.82) is 0 Å². The molecule has 3 heteroatoms. The van der Waals surface area contributed by atoms with E-state index in [0.29, 0.717) is 0 Å². The van der Waals surface area contributed by atoms with Gasteiger partial charge in [0.15, 0.2) is 0 Å². The summed E-state index contributed by atoms with van der Waals surface area (Å²) in [5, 5.41) is 13.2. The molecule has 0 saturated heterocycles. The van der Waals surface area contributed by atoms with Crippen LogP contribution in [0.5, 0.6) is 0 Å². The lowest BCUT2D eigenvalue weighted by Crippen LogP contribution is -2.28. The molecule has 0 aliphatic carbocycles. The highest BCUT2D eigenvalue weighted by Gasteiger charge is 2.02. The van der Waals surface area contributed by atoms with E-state index in [0.717, 1.165) is 52.0 Å². The molecule has 0 fully saturated rings.